The lowest BCUT2D eigenvalue weighted by molar-refractivity contribution is -0.152. The largest absolute Gasteiger partial charge is 0.481 e. The zero-order valence-electron chi connectivity index (χ0n) is 20.0. The Bertz CT molecular complexity index is 1080. The summed E-state index contributed by atoms with van der Waals surface area (Å²) in [5.74, 6) is -2.71. The summed E-state index contributed by atoms with van der Waals surface area (Å²) in [7, 11) is 0. The topological polar surface area (TPSA) is 152 Å². The number of aliphatic hydroxyl groups excluding tert-OH is 1. The molecule has 4 heterocycles. The third-order valence-corrected chi connectivity index (χ3v) is 7.53. The Hall–Kier alpha value is -3.09. The summed E-state index contributed by atoms with van der Waals surface area (Å²) in [6.45, 7) is 6.81. The van der Waals surface area contributed by atoms with Gasteiger partial charge in [0.15, 0.2) is 6.10 Å². The van der Waals surface area contributed by atoms with Crippen LogP contribution in [0.5, 0.6) is 0 Å². The predicted molar refractivity (Wildman–Crippen MR) is 129 cm³/mol. The molecule has 0 radical (unpaired) electrons. The number of hydrogen-bond donors (Lipinski definition) is 4. The summed E-state index contributed by atoms with van der Waals surface area (Å²) >= 11 is 1.46. The van der Waals surface area contributed by atoms with Crippen LogP contribution in [0.3, 0.4) is 0 Å². The number of aliphatic carboxylic acids is 2. The van der Waals surface area contributed by atoms with Crippen LogP contribution in [0.2, 0.25) is 0 Å². The fraction of sp³-hybridized carbons (Fsp3) is 0.500. The van der Waals surface area contributed by atoms with E-state index in [9.17, 15) is 23.9 Å². The minimum Gasteiger partial charge on any atom is -0.481 e. The van der Waals surface area contributed by atoms with Crippen molar-refractivity contribution in [1.29, 1.82) is 0 Å². The number of carboxylic acids is 2. The highest BCUT2D eigenvalue weighted by atomic mass is 32.1. The molecule has 196 valence electrons. The second-order valence-corrected chi connectivity index (χ2v) is 10.3. The number of nitrogens with zero attached hydrogens (tertiary/aromatic N) is 3. The average Bonchev–Trinajstić information content (AvgIpc) is 3.31. The second-order valence-electron chi connectivity index (χ2n) is 9.41. The van der Waals surface area contributed by atoms with Crippen molar-refractivity contribution in [1.82, 2.24) is 14.8 Å². The zero-order valence-corrected chi connectivity index (χ0v) is 20.8. The van der Waals surface area contributed by atoms with Crippen LogP contribution in [0.1, 0.15) is 38.8 Å². The van der Waals surface area contributed by atoms with Gasteiger partial charge in [0.25, 0.3) is 0 Å². The summed E-state index contributed by atoms with van der Waals surface area (Å²) in [5, 5.41) is 36.9. The molecule has 3 aliphatic rings. The van der Waals surface area contributed by atoms with E-state index >= 15 is 0 Å². The first-order valence-electron chi connectivity index (χ1n) is 11.5. The number of benzene rings is 1. The maximum Gasteiger partial charge on any atom is 0.408 e. The lowest BCUT2D eigenvalue weighted by Gasteiger charge is -2.52. The Labute approximate surface area is 211 Å². The standard InChI is InChI=1S/C20H24FN3O2S.C4H6O5/c1-20(2,17-12-27-18(22-17)14-3-5-15(21)6-4-14)24(19(25)26)16-11-23-9-7-13(16)8-10-23;5-2(4(8)9)1-3(6)7/h3-6,12-13,16H,7-11H2,1-2H3,(H,25,26);2,5H,1H2,(H,6,7)(H,8,9)/t16-;2-/m10/s1. The average molecular weight is 524 g/mol. The quantitative estimate of drug-likeness (QED) is 0.429. The van der Waals surface area contributed by atoms with E-state index in [4.69, 9.17) is 20.3 Å². The number of hydrogen-bond acceptors (Lipinski definition) is 7. The number of aliphatic hydroxyl groups is 1. The maximum absolute atomic E-state index is 13.2. The number of carboxylic acid groups (broad SMARTS) is 3. The van der Waals surface area contributed by atoms with Crippen LogP contribution in [-0.2, 0) is 15.1 Å². The third kappa shape index (κ3) is 6.37. The van der Waals surface area contributed by atoms with Crippen LogP contribution in [0.15, 0.2) is 29.6 Å². The van der Waals surface area contributed by atoms with Gasteiger partial charge >= 0.3 is 18.0 Å². The van der Waals surface area contributed by atoms with Crippen LogP contribution >= 0.6 is 11.3 Å². The molecule has 5 rings (SSSR count). The normalized spacial score (nSPS) is 21.7. The second kappa shape index (κ2) is 11.3. The number of fused-ring (bicyclic) bond motifs is 3. The van der Waals surface area contributed by atoms with Gasteiger partial charge in [-0.2, -0.15) is 0 Å². The Morgan fingerprint density at radius 1 is 1.17 bits per heavy atom. The van der Waals surface area contributed by atoms with Crippen LogP contribution in [0, 0.1) is 11.7 Å². The van der Waals surface area contributed by atoms with Gasteiger partial charge in [0.05, 0.1) is 23.7 Å². The number of piperidine rings is 3. The van der Waals surface area contributed by atoms with Crippen LogP contribution in [-0.4, -0.2) is 85.0 Å². The summed E-state index contributed by atoms with van der Waals surface area (Å²) < 4.78 is 13.2. The number of aromatic nitrogens is 1. The lowest BCUT2D eigenvalue weighted by Crippen LogP contribution is -2.62. The molecule has 0 unspecified atom stereocenters. The molecule has 0 saturated carbocycles. The Morgan fingerprint density at radius 3 is 2.22 bits per heavy atom. The molecule has 10 nitrogen and oxygen atoms in total. The molecular weight excluding hydrogens is 493 g/mol. The molecule has 0 spiro atoms. The predicted octanol–water partition coefficient (Wildman–Crippen LogP) is 3.17. The number of thiazole rings is 1. The van der Waals surface area contributed by atoms with Crippen LogP contribution < -0.4 is 0 Å². The summed E-state index contributed by atoms with van der Waals surface area (Å²) in [4.78, 5) is 40.4. The number of halogens is 1. The van der Waals surface area contributed by atoms with Crippen molar-refractivity contribution in [3.8, 4) is 10.6 Å². The minimum absolute atomic E-state index is 0.00373. The fourth-order valence-electron chi connectivity index (χ4n) is 4.68. The van der Waals surface area contributed by atoms with Crippen molar-refractivity contribution in [2.45, 2.75) is 50.8 Å². The first-order chi connectivity index (χ1) is 16.9. The van der Waals surface area contributed by atoms with E-state index in [0.717, 1.165) is 48.7 Å². The van der Waals surface area contributed by atoms with E-state index in [2.05, 4.69) is 4.90 Å². The zero-order chi connectivity index (χ0) is 26.6. The highest BCUT2D eigenvalue weighted by molar-refractivity contribution is 7.13. The summed E-state index contributed by atoms with van der Waals surface area (Å²) in [5.41, 5.74) is 0.850. The molecule has 3 fully saturated rings. The Balaban J connectivity index is 0.000000345. The van der Waals surface area contributed by atoms with Crippen molar-refractivity contribution in [2.75, 3.05) is 19.6 Å². The van der Waals surface area contributed by atoms with Gasteiger partial charge in [-0.05, 0) is 70.0 Å². The van der Waals surface area contributed by atoms with Gasteiger partial charge in [0.2, 0.25) is 0 Å². The summed E-state index contributed by atoms with van der Waals surface area (Å²) in [6.07, 6.45) is -1.32. The van der Waals surface area contributed by atoms with Gasteiger partial charge in [-0.3, -0.25) is 9.69 Å². The van der Waals surface area contributed by atoms with Gasteiger partial charge in [-0.1, -0.05) is 0 Å². The monoisotopic (exact) mass is 523 g/mol. The van der Waals surface area contributed by atoms with Crippen molar-refractivity contribution < 1.29 is 39.2 Å². The van der Waals surface area contributed by atoms with Gasteiger partial charge in [-0.15, -0.1) is 11.3 Å². The molecule has 12 heteroatoms. The van der Waals surface area contributed by atoms with E-state index in [1.54, 1.807) is 17.0 Å². The molecule has 1 amide bonds. The van der Waals surface area contributed by atoms with Crippen molar-refractivity contribution >= 4 is 29.4 Å². The van der Waals surface area contributed by atoms with Gasteiger partial charge in [-0.25, -0.2) is 19.0 Å². The van der Waals surface area contributed by atoms with Crippen molar-refractivity contribution in [3.05, 3.63) is 41.2 Å². The molecule has 1 aromatic heterocycles. The first kappa shape index (κ1) is 27.5. The highest BCUT2D eigenvalue weighted by Gasteiger charge is 2.46. The number of carbonyl (C=O) groups is 3. The third-order valence-electron chi connectivity index (χ3n) is 6.64. The Kier molecular flexibility index (Phi) is 8.64. The van der Waals surface area contributed by atoms with E-state index in [1.165, 1.54) is 23.5 Å². The van der Waals surface area contributed by atoms with E-state index < -0.39 is 36.1 Å². The van der Waals surface area contributed by atoms with Crippen molar-refractivity contribution in [3.63, 3.8) is 0 Å². The summed E-state index contributed by atoms with van der Waals surface area (Å²) in [6, 6.07) is 6.23. The SMILES string of the molecule is CC(C)(c1csc(-c2ccc(F)cc2)n1)N(C(=O)O)[C@@H]1CN2CCC1CC2.O=C(O)C[C@H](O)C(=O)O. The fourth-order valence-corrected chi connectivity index (χ4v) is 5.67. The van der Waals surface area contributed by atoms with Gasteiger partial charge in [0, 0.05) is 17.5 Å². The van der Waals surface area contributed by atoms with Gasteiger partial charge < -0.3 is 25.3 Å². The van der Waals surface area contributed by atoms with Crippen LogP contribution in [0.25, 0.3) is 10.6 Å². The molecule has 3 aliphatic heterocycles. The lowest BCUT2D eigenvalue weighted by atomic mass is 9.81. The molecular formula is C24H30FN3O7S. The van der Waals surface area contributed by atoms with E-state index in [1.807, 2.05) is 19.2 Å². The molecule has 2 bridgehead atoms. The van der Waals surface area contributed by atoms with Gasteiger partial charge in [0.1, 0.15) is 10.8 Å². The molecule has 36 heavy (non-hydrogen) atoms. The molecule has 2 aromatic rings. The number of amides is 1. The molecule has 3 saturated heterocycles. The van der Waals surface area contributed by atoms with Crippen molar-refractivity contribution in [2.24, 2.45) is 5.92 Å². The number of rotatable bonds is 7. The molecule has 0 aliphatic carbocycles. The first-order valence-corrected chi connectivity index (χ1v) is 12.4. The van der Waals surface area contributed by atoms with E-state index in [0.29, 0.717) is 5.92 Å². The molecule has 2 atom stereocenters. The highest BCUT2D eigenvalue weighted by Crippen LogP contribution is 2.39. The van der Waals surface area contributed by atoms with Crippen LogP contribution in [0.4, 0.5) is 9.18 Å². The van der Waals surface area contributed by atoms with E-state index in [-0.39, 0.29) is 11.9 Å². The Morgan fingerprint density at radius 2 is 1.78 bits per heavy atom. The minimum atomic E-state index is -1.79. The smallest absolute Gasteiger partial charge is 0.408 e. The molecule has 1 aromatic carbocycles. The molecule has 4 N–H and O–H groups in total. The maximum atomic E-state index is 13.2.